The van der Waals surface area contributed by atoms with Gasteiger partial charge in [0, 0.05) is 0 Å². The van der Waals surface area contributed by atoms with Crippen LogP contribution in [-0.2, 0) is 6.42 Å². The summed E-state index contributed by atoms with van der Waals surface area (Å²) in [5, 5.41) is 5.51. The van der Waals surface area contributed by atoms with Gasteiger partial charge in [0.15, 0.2) is 0 Å². The molecule has 0 amide bonds. The topological polar surface area (TPSA) is 0 Å². The van der Waals surface area contributed by atoms with E-state index in [0.717, 1.165) is 12.8 Å². The van der Waals surface area contributed by atoms with E-state index in [0.29, 0.717) is 11.8 Å². The first kappa shape index (κ1) is 28.5. The van der Waals surface area contributed by atoms with Crippen molar-refractivity contribution in [2.75, 3.05) is 0 Å². The second-order valence-electron chi connectivity index (χ2n) is 14.3. The lowest BCUT2D eigenvalue weighted by Gasteiger charge is -2.24. The molecule has 0 radical (unpaired) electrons. The van der Waals surface area contributed by atoms with Crippen molar-refractivity contribution in [3.8, 4) is 55.6 Å². The summed E-state index contributed by atoms with van der Waals surface area (Å²) in [6.07, 6.45) is 9.44. The van der Waals surface area contributed by atoms with Crippen LogP contribution in [0.2, 0.25) is 0 Å². The molecule has 2 unspecified atom stereocenters. The molecule has 0 aromatic heterocycles. The molecule has 0 N–H and O–H groups in total. The van der Waals surface area contributed by atoms with Crippen LogP contribution in [0.5, 0.6) is 0 Å². The zero-order valence-corrected chi connectivity index (χ0v) is 28.3. The Balaban J connectivity index is 1.36. The molecular formula is C49H38. The van der Waals surface area contributed by atoms with Crippen LogP contribution in [0.4, 0.5) is 0 Å². The van der Waals surface area contributed by atoms with Crippen LogP contribution in [0.3, 0.4) is 0 Å². The second-order valence-corrected chi connectivity index (χ2v) is 14.3. The maximum atomic E-state index is 2.56. The van der Waals surface area contributed by atoms with Crippen LogP contribution >= 0.6 is 0 Å². The van der Waals surface area contributed by atoms with Gasteiger partial charge in [-0.3, -0.25) is 0 Å². The fraction of sp³-hybridized carbons (Fsp3) is 0.143. The molecule has 0 fully saturated rings. The summed E-state index contributed by atoms with van der Waals surface area (Å²) in [5.41, 5.74) is 20.6. The van der Waals surface area contributed by atoms with Gasteiger partial charge in [0.25, 0.3) is 0 Å². The summed E-state index contributed by atoms with van der Waals surface area (Å²) in [5.74, 6) is 1.06. The highest BCUT2D eigenvalue weighted by molar-refractivity contribution is 6.29. The Labute approximate surface area is 289 Å². The van der Waals surface area contributed by atoms with Gasteiger partial charge in [0.2, 0.25) is 0 Å². The second kappa shape index (κ2) is 10.8. The maximum Gasteiger partial charge on any atom is -0.00167 e. The van der Waals surface area contributed by atoms with Crippen LogP contribution in [0.25, 0.3) is 82.8 Å². The average molecular weight is 627 g/mol. The van der Waals surface area contributed by atoms with Crippen molar-refractivity contribution in [2.24, 2.45) is 11.8 Å². The van der Waals surface area contributed by atoms with Gasteiger partial charge in [-0.1, -0.05) is 134 Å². The molecule has 7 aromatic carbocycles. The molecule has 0 aliphatic heterocycles. The average Bonchev–Trinajstić information content (AvgIpc) is 3.68. The molecule has 0 nitrogen and oxygen atoms in total. The maximum absolute atomic E-state index is 2.56. The van der Waals surface area contributed by atoms with Gasteiger partial charge >= 0.3 is 0 Å². The molecule has 2 atom stereocenters. The van der Waals surface area contributed by atoms with E-state index < -0.39 is 0 Å². The normalized spacial score (nSPS) is 16.9. The standard InChI is InChI=1S/C49H38/c1-4-31-20-12-21-36-39(31)27-42-46(33-18-9-6-10-19-33)49-38-23-13-22-37-40-26-34(44-29(2)14-11-15-30(44)3)24-25-35(40)41(47(37)38)28-43(49)45(48(36)42)32-16-7-5-8-17-32/h5-26,28,31,39H,4,27H2,1-3H3. The molecule has 0 heteroatoms. The van der Waals surface area contributed by atoms with Gasteiger partial charge in [-0.05, 0) is 156 Å². The molecular weight excluding hydrogens is 589 g/mol. The first-order chi connectivity index (χ1) is 24.1. The van der Waals surface area contributed by atoms with Crippen molar-refractivity contribution in [1.82, 2.24) is 0 Å². The zero-order chi connectivity index (χ0) is 32.8. The van der Waals surface area contributed by atoms with Crippen LogP contribution in [0.1, 0.15) is 35.6 Å². The Hall–Kier alpha value is -5.46. The smallest absolute Gasteiger partial charge is 0.00167 e. The van der Waals surface area contributed by atoms with E-state index in [1.165, 1.54) is 105 Å². The van der Waals surface area contributed by atoms with Gasteiger partial charge in [0.1, 0.15) is 0 Å². The minimum atomic E-state index is 0.505. The fourth-order valence-electron chi connectivity index (χ4n) is 9.69. The van der Waals surface area contributed by atoms with E-state index in [4.69, 9.17) is 0 Å². The Morgan fingerprint density at radius 1 is 0.531 bits per heavy atom. The van der Waals surface area contributed by atoms with Crippen molar-refractivity contribution in [3.63, 3.8) is 0 Å². The summed E-state index contributed by atoms with van der Waals surface area (Å²) in [7, 11) is 0. The highest BCUT2D eigenvalue weighted by atomic mass is 14.4. The van der Waals surface area contributed by atoms with Gasteiger partial charge in [-0.15, -0.1) is 0 Å². The summed E-state index contributed by atoms with van der Waals surface area (Å²) in [6.45, 7) is 6.82. The number of allylic oxidation sites excluding steroid dienone is 4. The number of rotatable bonds is 4. The van der Waals surface area contributed by atoms with Gasteiger partial charge < -0.3 is 0 Å². The quantitative estimate of drug-likeness (QED) is 0.171. The van der Waals surface area contributed by atoms with E-state index >= 15 is 0 Å². The van der Waals surface area contributed by atoms with Gasteiger partial charge in [-0.2, -0.15) is 0 Å². The number of aryl methyl sites for hydroxylation is 2. The first-order valence-electron chi connectivity index (χ1n) is 17.9. The van der Waals surface area contributed by atoms with E-state index in [1.807, 2.05) is 0 Å². The predicted octanol–water partition coefficient (Wildman–Crippen LogP) is 13.4. The van der Waals surface area contributed by atoms with Crippen molar-refractivity contribution >= 4 is 27.1 Å². The van der Waals surface area contributed by atoms with Crippen LogP contribution in [-0.4, -0.2) is 0 Å². The molecule has 7 aromatic rings. The van der Waals surface area contributed by atoms with Crippen molar-refractivity contribution in [1.29, 1.82) is 0 Å². The summed E-state index contributed by atoms with van der Waals surface area (Å²) >= 11 is 0. The Morgan fingerprint density at radius 3 is 1.98 bits per heavy atom. The summed E-state index contributed by atoms with van der Waals surface area (Å²) < 4.78 is 0. The van der Waals surface area contributed by atoms with Crippen molar-refractivity contribution in [2.45, 2.75) is 33.6 Å². The summed E-state index contributed by atoms with van der Waals surface area (Å²) in [4.78, 5) is 0. The third-order valence-corrected chi connectivity index (χ3v) is 11.8. The minimum Gasteiger partial charge on any atom is -0.0808 e. The Kier molecular flexibility index (Phi) is 6.28. The van der Waals surface area contributed by atoms with Crippen LogP contribution < -0.4 is 0 Å². The SMILES string of the molecule is CCC1C=CC=C2c3c(c(-c4ccccc4)c4c(cc5c6c(cccc64)-c4cc(-c6c(C)cccc6C)ccc4-5)c3-c3ccccc3)CC21. The molecule has 10 rings (SSSR count). The number of benzene rings is 7. The lowest BCUT2D eigenvalue weighted by molar-refractivity contribution is 0.481. The Bertz CT molecular complexity index is 2540. The lowest BCUT2D eigenvalue weighted by atomic mass is 9.79. The molecule has 234 valence electrons. The first-order valence-corrected chi connectivity index (χ1v) is 17.9. The van der Waals surface area contributed by atoms with E-state index in [1.54, 1.807) is 0 Å². The zero-order valence-electron chi connectivity index (χ0n) is 28.3. The monoisotopic (exact) mass is 626 g/mol. The number of fused-ring (bicyclic) bond motifs is 8. The number of hydrogen-bond donors (Lipinski definition) is 0. The third kappa shape index (κ3) is 4.04. The van der Waals surface area contributed by atoms with Crippen molar-refractivity contribution < 1.29 is 0 Å². The molecule has 0 bridgehead atoms. The van der Waals surface area contributed by atoms with E-state index in [9.17, 15) is 0 Å². The van der Waals surface area contributed by atoms with Crippen LogP contribution in [0, 0.1) is 25.7 Å². The molecule has 3 aliphatic rings. The van der Waals surface area contributed by atoms with Gasteiger partial charge in [-0.25, -0.2) is 0 Å². The van der Waals surface area contributed by atoms with E-state index in [-0.39, 0.29) is 0 Å². The molecule has 0 heterocycles. The number of hydrogen-bond acceptors (Lipinski definition) is 0. The fourth-order valence-corrected chi connectivity index (χ4v) is 9.69. The highest BCUT2D eigenvalue weighted by Gasteiger charge is 2.38. The molecule has 0 saturated carbocycles. The molecule has 49 heavy (non-hydrogen) atoms. The van der Waals surface area contributed by atoms with Gasteiger partial charge in [0.05, 0.1) is 0 Å². The lowest BCUT2D eigenvalue weighted by Crippen LogP contribution is -2.13. The molecule has 0 spiro atoms. The third-order valence-electron chi connectivity index (χ3n) is 11.8. The molecule has 0 saturated heterocycles. The largest absolute Gasteiger partial charge is 0.0808 e. The van der Waals surface area contributed by atoms with E-state index in [2.05, 4.69) is 160 Å². The Morgan fingerprint density at radius 2 is 1.24 bits per heavy atom. The minimum absolute atomic E-state index is 0.505. The molecule has 3 aliphatic carbocycles. The summed E-state index contributed by atoms with van der Waals surface area (Å²) in [6, 6.07) is 45.9. The van der Waals surface area contributed by atoms with Crippen LogP contribution in [0.15, 0.2) is 140 Å². The predicted molar refractivity (Wildman–Crippen MR) is 210 cm³/mol. The van der Waals surface area contributed by atoms with Crippen molar-refractivity contribution in [3.05, 3.63) is 162 Å². The highest BCUT2D eigenvalue weighted by Crippen LogP contribution is 2.58.